The molecular weight excluding hydrogens is 224 g/mol. The molecule has 106 valence electrons. The molecule has 1 saturated heterocycles. The molecule has 1 fully saturated rings. The van der Waals surface area contributed by atoms with E-state index in [1.54, 1.807) is 0 Å². The van der Waals surface area contributed by atoms with Crippen LogP contribution in [0.4, 0.5) is 0 Å². The van der Waals surface area contributed by atoms with Gasteiger partial charge in [-0.2, -0.15) is 0 Å². The van der Waals surface area contributed by atoms with Crippen LogP contribution in [0.3, 0.4) is 0 Å². The second-order valence-electron chi connectivity index (χ2n) is 6.31. The van der Waals surface area contributed by atoms with Crippen molar-refractivity contribution < 1.29 is 4.79 Å². The van der Waals surface area contributed by atoms with Crippen molar-refractivity contribution in [2.45, 2.75) is 53.5 Å². The number of hydrogen-bond acceptors (Lipinski definition) is 2. The van der Waals surface area contributed by atoms with Gasteiger partial charge in [0.05, 0.1) is 0 Å². The second kappa shape index (κ2) is 7.13. The van der Waals surface area contributed by atoms with Gasteiger partial charge in [-0.25, -0.2) is 0 Å². The fourth-order valence-electron chi connectivity index (χ4n) is 2.44. The quantitative estimate of drug-likeness (QED) is 0.817. The van der Waals surface area contributed by atoms with Crippen molar-refractivity contribution in [2.75, 3.05) is 19.6 Å². The summed E-state index contributed by atoms with van der Waals surface area (Å²) in [7, 11) is 0. The third kappa shape index (κ3) is 4.27. The Labute approximate surface area is 112 Å². The third-order valence-corrected chi connectivity index (χ3v) is 4.21. The maximum Gasteiger partial charge on any atom is 0.225 e. The zero-order valence-electron chi connectivity index (χ0n) is 12.7. The number of rotatable bonds is 5. The van der Waals surface area contributed by atoms with Crippen molar-refractivity contribution in [1.29, 1.82) is 0 Å². The summed E-state index contributed by atoms with van der Waals surface area (Å²) in [6.45, 7) is 13.7. The van der Waals surface area contributed by atoms with Crippen LogP contribution in [-0.2, 0) is 4.79 Å². The molecule has 0 spiro atoms. The van der Waals surface area contributed by atoms with E-state index >= 15 is 0 Å². The van der Waals surface area contributed by atoms with E-state index < -0.39 is 0 Å². The van der Waals surface area contributed by atoms with Crippen LogP contribution in [0.5, 0.6) is 0 Å². The molecule has 1 atom stereocenters. The van der Waals surface area contributed by atoms with Crippen LogP contribution in [0.25, 0.3) is 0 Å². The SMILES string of the molecule is CC(C)C(C)C(=O)N(CC1CCNCC1)C(C)C. The van der Waals surface area contributed by atoms with Gasteiger partial charge in [0.2, 0.25) is 5.91 Å². The van der Waals surface area contributed by atoms with Crippen LogP contribution >= 0.6 is 0 Å². The molecule has 3 heteroatoms. The van der Waals surface area contributed by atoms with Crippen LogP contribution in [0.15, 0.2) is 0 Å². The molecule has 0 aromatic carbocycles. The van der Waals surface area contributed by atoms with Crippen molar-refractivity contribution in [3.05, 3.63) is 0 Å². The summed E-state index contributed by atoms with van der Waals surface area (Å²) in [6, 6.07) is 0.314. The van der Waals surface area contributed by atoms with Gasteiger partial charge in [-0.15, -0.1) is 0 Å². The van der Waals surface area contributed by atoms with E-state index in [4.69, 9.17) is 0 Å². The first-order valence-electron chi connectivity index (χ1n) is 7.44. The van der Waals surface area contributed by atoms with Gasteiger partial charge < -0.3 is 10.2 Å². The Morgan fingerprint density at radius 3 is 2.17 bits per heavy atom. The van der Waals surface area contributed by atoms with E-state index in [1.807, 2.05) is 0 Å². The van der Waals surface area contributed by atoms with Crippen molar-refractivity contribution >= 4 is 5.91 Å². The number of carbonyl (C=O) groups excluding carboxylic acids is 1. The predicted molar refractivity (Wildman–Crippen MR) is 76.4 cm³/mol. The Kier molecular flexibility index (Phi) is 6.13. The summed E-state index contributed by atoms with van der Waals surface area (Å²) in [5.74, 6) is 1.57. The topological polar surface area (TPSA) is 32.3 Å². The van der Waals surface area contributed by atoms with Crippen molar-refractivity contribution in [3.63, 3.8) is 0 Å². The van der Waals surface area contributed by atoms with E-state index in [1.165, 1.54) is 12.8 Å². The van der Waals surface area contributed by atoms with Crippen LogP contribution in [0.1, 0.15) is 47.5 Å². The number of piperidine rings is 1. The number of amides is 1. The first-order valence-corrected chi connectivity index (χ1v) is 7.44. The molecule has 1 aliphatic rings. The molecule has 1 rings (SSSR count). The van der Waals surface area contributed by atoms with Crippen molar-refractivity contribution in [3.8, 4) is 0 Å². The standard InChI is InChI=1S/C15H30N2O/c1-11(2)13(5)15(18)17(12(3)4)10-14-6-8-16-9-7-14/h11-14,16H,6-10H2,1-5H3. The van der Waals surface area contributed by atoms with Gasteiger partial charge in [0.1, 0.15) is 0 Å². The van der Waals surface area contributed by atoms with Gasteiger partial charge in [-0.1, -0.05) is 20.8 Å². The molecule has 0 saturated carbocycles. The number of nitrogens with zero attached hydrogens (tertiary/aromatic N) is 1. The largest absolute Gasteiger partial charge is 0.340 e. The van der Waals surface area contributed by atoms with Crippen molar-refractivity contribution in [2.24, 2.45) is 17.8 Å². The van der Waals surface area contributed by atoms with E-state index in [-0.39, 0.29) is 5.92 Å². The van der Waals surface area contributed by atoms with Gasteiger partial charge in [0, 0.05) is 18.5 Å². The molecule has 1 unspecified atom stereocenters. The average Bonchev–Trinajstić information content (AvgIpc) is 2.35. The average molecular weight is 254 g/mol. The summed E-state index contributed by atoms with van der Waals surface area (Å²) in [5, 5.41) is 3.38. The minimum absolute atomic E-state index is 0.133. The Morgan fingerprint density at radius 2 is 1.72 bits per heavy atom. The molecule has 1 amide bonds. The summed E-state index contributed by atoms with van der Waals surface area (Å²) >= 11 is 0. The monoisotopic (exact) mass is 254 g/mol. The zero-order valence-corrected chi connectivity index (χ0v) is 12.7. The first kappa shape index (κ1) is 15.5. The maximum absolute atomic E-state index is 12.5. The summed E-state index contributed by atoms with van der Waals surface area (Å²) in [4.78, 5) is 14.6. The second-order valence-corrected chi connectivity index (χ2v) is 6.31. The molecule has 0 aliphatic carbocycles. The predicted octanol–water partition coefficient (Wildman–Crippen LogP) is 2.52. The van der Waals surface area contributed by atoms with Gasteiger partial charge in [-0.05, 0) is 51.6 Å². The first-order chi connectivity index (χ1) is 8.43. The Balaban J connectivity index is 2.61. The molecule has 1 N–H and O–H groups in total. The third-order valence-electron chi connectivity index (χ3n) is 4.21. The van der Waals surface area contributed by atoms with Gasteiger partial charge >= 0.3 is 0 Å². The Morgan fingerprint density at radius 1 is 1.17 bits per heavy atom. The van der Waals surface area contributed by atoms with Gasteiger partial charge in [-0.3, -0.25) is 4.79 Å². The summed E-state index contributed by atoms with van der Waals surface area (Å²) in [6.07, 6.45) is 2.40. The summed E-state index contributed by atoms with van der Waals surface area (Å²) < 4.78 is 0. The lowest BCUT2D eigenvalue weighted by molar-refractivity contribution is -0.139. The van der Waals surface area contributed by atoms with Crippen LogP contribution < -0.4 is 5.32 Å². The highest BCUT2D eigenvalue weighted by Crippen LogP contribution is 2.20. The molecule has 1 aliphatic heterocycles. The van der Waals surface area contributed by atoms with E-state index in [9.17, 15) is 4.79 Å². The number of nitrogens with one attached hydrogen (secondary N) is 1. The van der Waals surface area contributed by atoms with Crippen LogP contribution in [0, 0.1) is 17.8 Å². The van der Waals surface area contributed by atoms with Crippen LogP contribution in [-0.4, -0.2) is 36.5 Å². The van der Waals surface area contributed by atoms with Crippen LogP contribution in [0.2, 0.25) is 0 Å². The number of carbonyl (C=O) groups is 1. The maximum atomic E-state index is 12.5. The number of hydrogen-bond donors (Lipinski definition) is 1. The highest BCUT2D eigenvalue weighted by atomic mass is 16.2. The molecule has 0 bridgehead atoms. The van der Waals surface area contributed by atoms with E-state index in [0.29, 0.717) is 23.8 Å². The van der Waals surface area contributed by atoms with Gasteiger partial charge in [0.25, 0.3) is 0 Å². The molecule has 0 radical (unpaired) electrons. The lowest BCUT2D eigenvalue weighted by atomic mass is 9.93. The molecule has 18 heavy (non-hydrogen) atoms. The molecule has 1 heterocycles. The molecule has 0 aromatic heterocycles. The molecule has 0 aromatic rings. The molecular formula is C15H30N2O. The summed E-state index contributed by atoms with van der Waals surface area (Å²) in [5.41, 5.74) is 0. The van der Waals surface area contributed by atoms with Gasteiger partial charge in [0.15, 0.2) is 0 Å². The Bertz CT molecular complexity index is 257. The highest BCUT2D eigenvalue weighted by Gasteiger charge is 2.27. The fraction of sp³-hybridized carbons (Fsp3) is 0.933. The smallest absolute Gasteiger partial charge is 0.225 e. The van der Waals surface area contributed by atoms with E-state index in [2.05, 4.69) is 44.8 Å². The van der Waals surface area contributed by atoms with E-state index in [0.717, 1.165) is 19.6 Å². The lowest BCUT2D eigenvalue weighted by Crippen LogP contribution is -2.45. The fourth-order valence-corrected chi connectivity index (χ4v) is 2.44. The highest BCUT2D eigenvalue weighted by molar-refractivity contribution is 5.79. The Hall–Kier alpha value is -0.570. The minimum atomic E-state index is 0.133. The van der Waals surface area contributed by atoms with Crippen molar-refractivity contribution in [1.82, 2.24) is 10.2 Å². The molecule has 3 nitrogen and oxygen atoms in total. The minimum Gasteiger partial charge on any atom is -0.340 e. The lowest BCUT2D eigenvalue weighted by Gasteiger charge is -2.35. The zero-order chi connectivity index (χ0) is 13.7. The normalized spacial score (nSPS) is 19.3.